The van der Waals surface area contributed by atoms with E-state index in [1.54, 1.807) is 0 Å². The molecule has 2 nitrogen and oxygen atoms in total. The molecule has 4 atom stereocenters. The molecule has 0 bridgehead atoms. The summed E-state index contributed by atoms with van der Waals surface area (Å²) in [5.74, 6) is 1.01. The lowest BCUT2D eigenvalue weighted by molar-refractivity contribution is -0.143. The molecule has 1 N–H and O–H groups in total. The van der Waals surface area contributed by atoms with Crippen LogP contribution in [0, 0.1) is 23.7 Å². The Bertz CT molecular complexity index is 179. The van der Waals surface area contributed by atoms with E-state index in [2.05, 4.69) is 13.8 Å². The van der Waals surface area contributed by atoms with Gasteiger partial charge >= 0.3 is 5.97 Å². The van der Waals surface area contributed by atoms with E-state index >= 15 is 0 Å². The molecule has 0 aromatic carbocycles. The fourth-order valence-electron chi connectivity index (χ4n) is 2.62. The SMILES string of the molecule is C[C@@H]1CC([C@H](C)C(=O)O)C[C@H](C)C1. The average Bonchev–Trinajstić information content (AvgIpc) is 2.01. The van der Waals surface area contributed by atoms with Crippen LogP contribution < -0.4 is 0 Å². The predicted molar refractivity (Wildman–Crippen MR) is 52.5 cm³/mol. The molecule has 1 aliphatic rings. The zero-order chi connectivity index (χ0) is 10.0. The number of aliphatic carboxylic acids is 1. The summed E-state index contributed by atoms with van der Waals surface area (Å²) in [7, 11) is 0. The zero-order valence-corrected chi connectivity index (χ0v) is 8.79. The summed E-state index contributed by atoms with van der Waals surface area (Å²) >= 11 is 0. The molecule has 0 saturated heterocycles. The minimum Gasteiger partial charge on any atom is -0.481 e. The summed E-state index contributed by atoms with van der Waals surface area (Å²) in [6, 6.07) is 0. The zero-order valence-electron chi connectivity index (χ0n) is 8.79. The van der Waals surface area contributed by atoms with Crippen molar-refractivity contribution in [3.8, 4) is 0 Å². The Balaban J connectivity index is 2.54. The number of carboxylic acid groups (broad SMARTS) is 1. The molecule has 76 valence electrons. The standard InChI is InChI=1S/C11H20O2/c1-7-4-8(2)6-10(5-7)9(3)11(12)13/h7-10H,4-6H2,1-3H3,(H,12,13)/t7-,8+,9-,10?/m0/s1. The third-order valence-electron chi connectivity index (χ3n) is 3.31. The Labute approximate surface area is 80.3 Å². The van der Waals surface area contributed by atoms with Gasteiger partial charge in [0.1, 0.15) is 0 Å². The molecule has 1 aliphatic carbocycles. The lowest BCUT2D eigenvalue weighted by Crippen LogP contribution is -2.28. The average molecular weight is 184 g/mol. The maximum atomic E-state index is 10.8. The summed E-state index contributed by atoms with van der Waals surface area (Å²) in [5, 5.41) is 8.91. The van der Waals surface area contributed by atoms with Crippen molar-refractivity contribution in [1.82, 2.24) is 0 Å². The molecule has 0 aromatic heterocycles. The van der Waals surface area contributed by atoms with Crippen LogP contribution in [-0.4, -0.2) is 11.1 Å². The topological polar surface area (TPSA) is 37.3 Å². The summed E-state index contributed by atoms with van der Waals surface area (Å²) in [6.07, 6.45) is 3.46. The summed E-state index contributed by atoms with van der Waals surface area (Å²) in [4.78, 5) is 10.8. The van der Waals surface area contributed by atoms with Gasteiger partial charge in [-0.1, -0.05) is 20.8 Å². The lowest BCUT2D eigenvalue weighted by Gasteiger charge is -2.33. The molecule has 13 heavy (non-hydrogen) atoms. The quantitative estimate of drug-likeness (QED) is 0.716. The van der Waals surface area contributed by atoms with E-state index in [4.69, 9.17) is 5.11 Å². The molecule has 0 aromatic rings. The normalized spacial score (nSPS) is 37.0. The van der Waals surface area contributed by atoms with Gasteiger partial charge in [0, 0.05) is 0 Å². The van der Waals surface area contributed by atoms with Crippen molar-refractivity contribution in [2.24, 2.45) is 23.7 Å². The Morgan fingerprint density at radius 1 is 1.23 bits per heavy atom. The Morgan fingerprint density at radius 2 is 1.69 bits per heavy atom. The smallest absolute Gasteiger partial charge is 0.306 e. The maximum absolute atomic E-state index is 10.8. The van der Waals surface area contributed by atoms with Gasteiger partial charge in [-0.3, -0.25) is 4.79 Å². The van der Waals surface area contributed by atoms with Crippen molar-refractivity contribution in [2.45, 2.75) is 40.0 Å². The number of carboxylic acids is 1. The van der Waals surface area contributed by atoms with Gasteiger partial charge in [-0.15, -0.1) is 0 Å². The van der Waals surface area contributed by atoms with Crippen LogP contribution in [0.15, 0.2) is 0 Å². The van der Waals surface area contributed by atoms with E-state index in [9.17, 15) is 4.79 Å². The highest BCUT2D eigenvalue weighted by Crippen LogP contribution is 2.36. The molecule has 1 fully saturated rings. The fourth-order valence-corrected chi connectivity index (χ4v) is 2.62. The first-order valence-electron chi connectivity index (χ1n) is 5.23. The summed E-state index contributed by atoms with van der Waals surface area (Å²) in [6.45, 7) is 6.31. The fraction of sp³-hybridized carbons (Fsp3) is 0.909. The first kappa shape index (κ1) is 10.6. The van der Waals surface area contributed by atoms with Gasteiger partial charge in [0.05, 0.1) is 5.92 Å². The van der Waals surface area contributed by atoms with Gasteiger partial charge in [-0.05, 0) is 37.0 Å². The monoisotopic (exact) mass is 184 g/mol. The molecule has 0 amide bonds. The summed E-state index contributed by atoms with van der Waals surface area (Å²) < 4.78 is 0. The molecule has 1 rings (SSSR count). The molecule has 0 heterocycles. The largest absolute Gasteiger partial charge is 0.481 e. The first-order valence-corrected chi connectivity index (χ1v) is 5.23. The van der Waals surface area contributed by atoms with Crippen LogP contribution in [0.3, 0.4) is 0 Å². The van der Waals surface area contributed by atoms with Gasteiger partial charge in [0.25, 0.3) is 0 Å². The van der Waals surface area contributed by atoms with E-state index in [0.29, 0.717) is 17.8 Å². The number of hydrogen-bond acceptors (Lipinski definition) is 1. The highest BCUT2D eigenvalue weighted by Gasteiger charge is 2.30. The van der Waals surface area contributed by atoms with E-state index < -0.39 is 5.97 Å². The molecule has 0 aliphatic heterocycles. The number of rotatable bonds is 2. The van der Waals surface area contributed by atoms with Crippen molar-refractivity contribution in [3.05, 3.63) is 0 Å². The second kappa shape index (κ2) is 4.12. The van der Waals surface area contributed by atoms with Gasteiger partial charge in [-0.25, -0.2) is 0 Å². The molecular formula is C11H20O2. The van der Waals surface area contributed by atoms with Crippen molar-refractivity contribution in [3.63, 3.8) is 0 Å². The summed E-state index contributed by atoms with van der Waals surface area (Å²) in [5.41, 5.74) is 0. The van der Waals surface area contributed by atoms with Crippen LogP contribution in [0.4, 0.5) is 0 Å². The van der Waals surface area contributed by atoms with Crippen LogP contribution in [0.2, 0.25) is 0 Å². The van der Waals surface area contributed by atoms with E-state index in [0.717, 1.165) is 12.8 Å². The molecular weight excluding hydrogens is 164 g/mol. The van der Waals surface area contributed by atoms with Crippen LogP contribution in [0.5, 0.6) is 0 Å². The van der Waals surface area contributed by atoms with Gasteiger partial charge in [-0.2, -0.15) is 0 Å². The van der Waals surface area contributed by atoms with Crippen molar-refractivity contribution in [2.75, 3.05) is 0 Å². The molecule has 0 spiro atoms. The highest BCUT2D eigenvalue weighted by molar-refractivity contribution is 5.69. The van der Waals surface area contributed by atoms with Crippen molar-refractivity contribution >= 4 is 5.97 Å². The third kappa shape index (κ3) is 2.71. The molecule has 1 saturated carbocycles. The van der Waals surface area contributed by atoms with Crippen LogP contribution in [-0.2, 0) is 4.79 Å². The first-order chi connectivity index (χ1) is 6.00. The maximum Gasteiger partial charge on any atom is 0.306 e. The Kier molecular flexibility index (Phi) is 3.34. The second-order valence-corrected chi connectivity index (χ2v) is 4.80. The lowest BCUT2D eigenvalue weighted by atomic mass is 9.72. The highest BCUT2D eigenvalue weighted by atomic mass is 16.4. The van der Waals surface area contributed by atoms with Crippen LogP contribution >= 0.6 is 0 Å². The predicted octanol–water partition coefficient (Wildman–Crippen LogP) is 2.78. The number of carbonyl (C=O) groups is 1. The van der Waals surface area contributed by atoms with Gasteiger partial charge < -0.3 is 5.11 Å². The minimum absolute atomic E-state index is 0.162. The van der Waals surface area contributed by atoms with Crippen molar-refractivity contribution in [1.29, 1.82) is 0 Å². The number of hydrogen-bond donors (Lipinski definition) is 1. The third-order valence-corrected chi connectivity index (χ3v) is 3.31. The second-order valence-electron chi connectivity index (χ2n) is 4.80. The van der Waals surface area contributed by atoms with E-state index in [1.165, 1.54) is 6.42 Å². The minimum atomic E-state index is -0.633. The molecule has 1 unspecified atom stereocenters. The van der Waals surface area contributed by atoms with Gasteiger partial charge in [0.2, 0.25) is 0 Å². The molecule has 0 radical (unpaired) electrons. The van der Waals surface area contributed by atoms with E-state index in [-0.39, 0.29) is 5.92 Å². The van der Waals surface area contributed by atoms with E-state index in [1.807, 2.05) is 6.92 Å². The van der Waals surface area contributed by atoms with Crippen LogP contribution in [0.1, 0.15) is 40.0 Å². The van der Waals surface area contributed by atoms with Crippen molar-refractivity contribution < 1.29 is 9.90 Å². The van der Waals surface area contributed by atoms with Crippen LogP contribution in [0.25, 0.3) is 0 Å². The van der Waals surface area contributed by atoms with Gasteiger partial charge in [0.15, 0.2) is 0 Å². The molecule has 2 heteroatoms. The Morgan fingerprint density at radius 3 is 2.08 bits per heavy atom. The Hall–Kier alpha value is -0.530.